The quantitative estimate of drug-likeness (QED) is 0.440. The van der Waals surface area contributed by atoms with Gasteiger partial charge in [-0.1, -0.05) is 0 Å². The zero-order valence-corrected chi connectivity index (χ0v) is 9.45. The molecule has 2 heterocycles. The molecule has 3 nitrogen and oxygen atoms in total. The normalized spacial score (nSPS) is 18.9. The maximum Gasteiger partial charge on any atom is 0.0538 e. The van der Waals surface area contributed by atoms with Crippen LogP contribution in [0.2, 0.25) is 0 Å². The van der Waals surface area contributed by atoms with E-state index in [1.54, 1.807) is 6.21 Å². The predicted molar refractivity (Wildman–Crippen MR) is 67.1 cm³/mol. The van der Waals surface area contributed by atoms with Crippen LogP contribution in [0.4, 0.5) is 5.69 Å². The van der Waals surface area contributed by atoms with E-state index in [9.17, 15) is 0 Å². The van der Waals surface area contributed by atoms with Gasteiger partial charge in [0.05, 0.1) is 6.21 Å². The van der Waals surface area contributed by atoms with Gasteiger partial charge in [-0.3, -0.25) is 0 Å². The van der Waals surface area contributed by atoms with E-state index in [0.29, 0.717) is 0 Å². The van der Waals surface area contributed by atoms with Gasteiger partial charge in [-0.2, -0.15) is 5.10 Å². The van der Waals surface area contributed by atoms with Crippen LogP contribution in [0.15, 0.2) is 17.2 Å². The van der Waals surface area contributed by atoms with Gasteiger partial charge in [-0.05, 0) is 54.5 Å². The third kappa shape index (κ3) is 1.47. The van der Waals surface area contributed by atoms with Crippen LogP contribution >= 0.6 is 0 Å². The molecule has 0 atom stereocenters. The van der Waals surface area contributed by atoms with E-state index in [1.807, 2.05) is 0 Å². The van der Waals surface area contributed by atoms with Crippen molar-refractivity contribution in [3.05, 3.63) is 28.8 Å². The zero-order valence-electron chi connectivity index (χ0n) is 9.45. The fraction of sp³-hybridized carbons (Fsp3) is 0.462. The molecular weight excluding hydrogens is 198 g/mol. The van der Waals surface area contributed by atoms with Gasteiger partial charge in [0.25, 0.3) is 0 Å². The van der Waals surface area contributed by atoms with Crippen LogP contribution in [0.3, 0.4) is 0 Å². The molecule has 2 aliphatic heterocycles. The van der Waals surface area contributed by atoms with Crippen molar-refractivity contribution in [1.82, 2.24) is 0 Å². The zero-order chi connectivity index (χ0) is 11.0. The molecule has 0 saturated heterocycles. The van der Waals surface area contributed by atoms with Crippen molar-refractivity contribution in [3.63, 3.8) is 0 Å². The second-order valence-corrected chi connectivity index (χ2v) is 4.66. The molecule has 0 radical (unpaired) electrons. The van der Waals surface area contributed by atoms with E-state index >= 15 is 0 Å². The number of aryl methyl sites for hydroxylation is 2. The van der Waals surface area contributed by atoms with Gasteiger partial charge >= 0.3 is 0 Å². The Kier molecular flexibility index (Phi) is 2.31. The number of nitrogens with zero attached hydrogens (tertiary/aromatic N) is 2. The maximum absolute atomic E-state index is 5.23. The van der Waals surface area contributed by atoms with Gasteiger partial charge in [0, 0.05) is 18.8 Å². The SMILES string of the molecule is N/N=C/c1cc2c3c(c1)CCCN3CCC2. The van der Waals surface area contributed by atoms with Gasteiger partial charge < -0.3 is 10.7 Å². The van der Waals surface area contributed by atoms with E-state index in [-0.39, 0.29) is 0 Å². The third-order valence-electron chi connectivity index (χ3n) is 3.58. The summed E-state index contributed by atoms with van der Waals surface area (Å²) in [5.41, 5.74) is 5.63. The number of hydrazone groups is 1. The minimum Gasteiger partial charge on any atom is -0.371 e. The fourth-order valence-corrected chi connectivity index (χ4v) is 2.99. The van der Waals surface area contributed by atoms with Crippen LogP contribution < -0.4 is 10.7 Å². The molecule has 3 rings (SSSR count). The molecule has 1 aromatic carbocycles. The molecular formula is C13H17N3. The van der Waals surface area contributed by atoms with Crippen molar-refractivity contribution in [1.29, 1.82) is 0 Å². The van der Waals surface area contributed by atoms with Gasteiger partial charge in [-0.25, -0.2) is 0 Å². The van der Waals surface area contributed by atoms with E-state index in [2.05, 4.69) is 22.1 Å². The highest BCUT2D eigenvalue weighted by molar-refractivity contribution is 5.82. The Labute approximate surface area is 95.9 Å². The summed E-state index contributed by atoms with van der Waals surface area (Å²) < 4.78 is 0. The summed E-state index contributed by atoms with van der Waals surface area (Å²) in [5.74, 6) is 5.23. The Bertz CT molecular complexity index is 406. The second-order valence-electron chi connectivity index (χ2n) is 4.66. The smallest absolute Gasteiger partial charge is 0.0538 e. The lowest BCUT2D eigenvalue weighted by atomic mass is 9.90. The minimum atomic E-state index is 1.15. The summed E-state index contributed by atoms with van der Waals surface area (Å²) in [6.45, 7) is 2.45. The molecule has 2 N–H and O–H groups in total. The molecule has 0 bridgehead atoms. The largest absolute Gasteiger partial charge is 0.371 e. The molecule has 16 heavy (non-hydrogen) atoms. The number of nitrogens with two attached hydrogens (primary N) is 1. The van der Waals surface area contributed by atoms with Gasteiger partial charge in [0.2, 0.25) is 0 Å². The van der Waals surface area contributed by atoms with Crippen LogP contribution in [0, 0.1) is 0 Å². The van der Waals surface area contributed by atoms with Crippen LogP contribution in [-0.2, 0) is 12.8 Å². The Morgan fingerprint density at radius 2 is 1.75 bits per heavy atom. The Balaban J connectivity index is 2.13. The molecule has 0 fully saturated rings. The lowest BCUT2D eigenvalue weighted by molar-refractivity contribution is 0.634. The van der Waals surface area contributed by atoms with E-state index < -0.39 is 0 Å². The topological polar surface area (TPSA) is 41.6 Å². The van der Waals surface area contributed by atoms with Crippen LogP contribution in [-0.4, -0.2) is 19.3 Å². The first-order chi connectivity index (χ1) is 7.88. The first kappa shape index (κ1) is 9.70. The first-order valence-electron chi connectivity index (χ1n) is 6.02. The standard InChI is InChI=1S/C13H17N3/c14-15-9-10-7-11-3-1-5-16-6-2-4-12(8-10)13(11)16/h7-9H,1-6,14H2/b15-9+. The highest BCUT2D eigenvalue weighted by Crippen LogP contribution is 2.35. The molecule has 0 aromatic heterocycles. The molecule has 0 spiro atoms. The summed E-state index contributed by atoms with van der Waals surface area (Å²) in [6, 6.07) is 4.49. The van der Waals surface area contributed by atoms with E-state index in [0.717, 1.165) is 5.56 Å². The van der Waals surface area contributed by atoms with Crippen LogP contribution in [0.25, 0.3) is 0 Å². The number of rotatable bonds is 1. The average molecular weight is 215 g/mol. The predicted octanol–water partition coefficient (Wildman–Crippen LogP) is 1.68. The van der Waals surface area contributed by atoms with E-state index in [1.165, 1.54) is 55.6 Å². The van der Waals surface area contributed by atoms with Gasteiger partial charge in [-0.15, -0.1) is 0 Å². The van der Waals surface area contributed by atoms with Crippen molar-refractivity contribution < 1.29 is 0 Å². The fourth-order valence-electron chi connectivity index (χ4n) is 2.99. The van der Waals surface area contributed by atoms with Gasteiger partial charge in [0.1, 0.15) is 0 Å². The van der Waals surface area contributed by atoms with Gasteiger partial charge in [0.15, 0.2) is 0 Å². The average Bonchev–Trinajstić information content (AvgIpc) is 2.30. The van der Waals surface area contributed by atoms with Crippen molar-refractivity contribution in [2.45, 2.75) is 25.7 Å². The van der Waals surface area contributed by atoms with Crippen molar-refractivity contribution >= 4 is 11.9 Å². The molecule has 0 saturated carbocycles. The molecule has 0 aliphatic carbocycles. The maximum atomic E-state index is 5.23. The van der Waals surface area contributed by atoms with Crippen LogP contribution in [0.1, 0.15) is 29.5 Å². The third-order valence-corrected chi connectivity index (χ3v) is 3.58. The number of anilines is 1. The highest BCUT2D eigenvalue weighted by Gasteiger charge is 2.23. The molecule has 2 aliphatic rings. The summed E-state index contributed by atoms with van der Waals surface area (Å²) >= 11 is 0. The molecule has 84 valence electrons. The molecule has 1 aromatic rings. The Morgan fingerprint density at radius 3 is 2.31 bits per heavy atom. The Hall–Kier alpha value is -1.51. The van der Waals surface area contributed by atoms with Crippen LogP contribution in [0.5, 0.6) is 0 Å². The molecule has 3 heteroatoms. The van der Waals surface area contributed by atoms with Crippen molar-refractivity contribution in [3.8, 4) is 0 Å². The molecule has 0 unspecified atom stereocenters. The number of hydrogen-bond donors (Lipinski definition) is 1. The summed E-state index contributed by atoms with van der Waals surface area (Å²) in [7, 11) is 0. The van der Waals surface area contributed by atoms with E-state index in [4.69, 9.17) is 5.84 Å². The first-order valence-corrected chi connectivity index (χ1v) is 6.02. The lowest BCUT2D eigenvalue weighted by Crippen LogP contribution is -2.34. The number of benzene rings is 1. The monoisotopic (exact) mass is 215 g/mol. The van der Waals surface area contributed by atoms with Crippen molar-refractivity contribution in [2.24, 2.45) is 10.9 Å². The summed E-state index contributed by atoms with van der Waals surface area (Å²) in [4.78, 5) is 2.54. The Morgan fingerprint density at radius 1 is 1.12 bits per heavy atom. The number of hydrogen-bond acceptors (Lipinski definition) is 3. The highest BCUT2D eigenvalue weighted by atomic mass is 15.1. The summed E-state index contributed by atoms with van der Waals surface area (Å²) in [6.07, 6.45) is 6.70. The molecule has 0 amide bonds. The second kappa shape index (κ2) is 3.81. The van der Waals surface area contributed by atoms with Crippen molar-refractivity contribution in [2.75, 3.05) is 18.0 Å². The minimum absolute atomic E-state index is 1.15. The lowest BCUT2D eigenvalue weighted by Gasteiger charge is -2.37. The summed E-state index contributed by atoms with van der Waals surface area (Å²) in [5, 5.41) is 3.63.